The first-order chi connectivity index (χ1) is 6.63. The molecule has 0 aromatic carbocycles. The lowest BCUT2D eigenvalue weighted by Crippen LogP contribution is -2.33. The maximum absolute atomic E-state index is 10.8. The predicted molar refractivity (Wildman–Crippen MR) is 51.0 cm³/mol. The van der Waals surface area contributed by atoms with Crippen molar-refractivity contribution in [1.29, 1.82) is 0 Å². The summed E-state index contributed by atoms with van der Waals surface area (Å²) in [6.45, 7) is 1.37. The molecule has 6 nitrogen and oxygen atoms in total. The second-order valence-electron chi connectivity index (χ2n) is 3.02. The molecule has 0 saturated heterocycles. The maximum atomic E-state index is 10.8. The van der Waals surface area contributed by atoms with E-state index in [-0.39, 0.29) is 18.2 Å². The van der Waals surface area contributed by atoms with Gasteiger partial charge in [-0.15, -0.1) is 0 Å². The number of aromatic nitrogens is 2. The topological polar surface area (TPSA) is 98.2 Å². The summed E-state index contributed by atoms with van der Waals surface area (Å²) >= 11 is 0. The largest absolute Gasteiger partial charge is 0.394 e. The molecular formula is C8H13N3O3. The van der Waals surface area contributed by atoms with E-state index < -0.39 is 6.10 Å². The van der Waals surface area contributed by atoms with Crippen LogP contribution in [-0.4, -0.2) is 39.2 Å². The Balaban J connectivity index is 2.64. The minimum atomic E-state index is -0.866. The minimum absolute atomic E-state index is 0.319. The molecule has 0 aliphatic rings. The molecule has 6 heteroatoms. The summed E-state index contributed by atoms with van der Waals surface area (Å²) in [5.41, 5.74) is 0.189. The van der Waals surface area contributed by atoms with Gasteiger partial charge in [0.1, 0.15) is 0 Å². The first kappa shape index (κ1) is 10.7. The van der Waals surface area contributed by atoms with Crippen molar-refractivity contribution in [1.82, 2.24) is 10.2 Å². The van der Waals surface area contributed by atoms with E-state index in [1.165, 1.54) is 12.3 Å². The molecule has 0 bridgehead atoms. The minimum Gasteiger partial charge on any atom is -0.394 e. The standard InChI is InChI=1S/C8H13N3O3/c1-5(7(13)4-12)10-6-2-8(14)11-9-3-6/h2-3,5,7,12-13H,4H2,1H3,(H2,10,11,14). The summed E-state index contributed by atoms with van der Waals surface area (Å²) in [5.74, 6) is 0. The van der Waals surface area contributed by atoms with Gasteiger partial charge in [-0.3, -0.25) is 4.79 Å². The summed E-state index contributed by atoms with van der Waals surface area (Å²) in [7, 11) is 0. The van der Waals surface area contributed by atoms with E-state index >= 15 is 0 Å². The summed E-state index contributed by atoms with van der Waals surface area (Å²) in [6.07, 6.45) is 0.566. The van der Waals surface area contributed by atoms with Crippen LogP contribution in [0, 0.1) is 0 Å². The fraction of sp³-hybridized carbons (Fsp3) is 0.500. The molecule has 4 N–H and O–H groups in total. The fourth-order valence-electron chi connectivity index (χ4n) is 0.972. The number of hydrogen-bond acceptors (Lipinski definition) is 5. The number of H-pyrrole nitrogens is 1. The Bertz CT molecular complexity index is 339. The smallest absolute Gasteiger partial charge is 0.266 e. The van der Waals surface area contributed by atoms with Crippen LogP contribution in [0.15, 0.2) is 17.1 Å². The highest BCUT2D eigenvalue weighted by molar-refractivity contribution is 5.39. The zero-order valence-electron chi connectivity index (χ0n) is 7.77. The van der Waals surface area contributed by atoms with Gasteiger partial charge in [0.25, 0.3) is 5.56 Å². The summed E-state index contributed by atoms with van der Waals surface area (Å²) < 4.78 is 0. The molecular weight excluding hydrogens is 186 g/mol. The third kappa shape index (κ3) is 2.82. The van der Waals surface area contributed by atoms with Crippen molar-refractivity contribution in [3.05, 3.63) is 22.6 Å². The van der Waals surface area contributed by atoms with Crippen LogP contribution >= 0.6 is 0 Å². The molecule has 0 fully saturated rings. The van der Waals surface area contributed by atoms with Gasteiger partial charge >= 0.3 is 0 Å². The van der Waals surface area contributed by atoms with Crippen LogP contribution in [0.5, 0.6) is 0 Å². The van der Waals surface area contributed by atoms with Crippen molar-refractivity contribution >= 4 is 5.69 Å². The van der Waals surface area contributed by atoms with E-state index in [1.807, 2.05) is 0 Å². The molecule has 14 heavy (non-hydrogen) atoms. The quantitative estimate of drug-likeness (QED) is 0.494. The first-order valence-electron chi connectivity index (χ1n) is 4.23. The molecule has 0 aliphatic heterocycles. The van der Waals surface area contributed by atoms with Crippen LogP contribution < -0.4 is 10.9 Å². The van der Waals surface area contributed by atoms with Crippen molar-refractivity contribution in [3.63, 3.8) is 0 Å². The highest BCUT2D eigenvalue weighted by atomic mass is 16.3. The Hall–Kier alpha value is -1.40. The number of nitrogens with zero attached hydrogens (tertiary/aromatic N) is 1. The third-order valence-corrected chi connectivity index (χ3v) is 1.82. The fourth-order valence-corrected chi connectivity index (χ4v) is 0.972. The van der Waals surface area contributed by atoms with Gasteiger partial charge in [0, 0.05) is 6.07 Å². The van der Waals surface area contributed by atoms with Crippen LogP contribution in [0.1, 0.15) is 6.92 Å². The Morgan fingerprint density at radius 1 is 1.71 bits per heavy atom. The molecule has 0 spiro atoms. The Morgan fingerprint density at radius 2 is 2.43 bits per heavy atom. The van der Waals surface area contributed by atoms with E-state index in [4.69, 9.17) is 5.11 Å². The van der Waals surface area contributed by atoms with Crippen LogP contribution in [0.3, 0.4) is 0 Å². The van der Waals surface area contributed by atoms with Gasteiger partial charge in [-0.1, -0.05) is 0 Å². The number of rotatable bonds is 4. The van der Waals surface area contributed by atoms with E-state index in [2.05, 4.69) is 15.5 Å². The van der Waals surface area contributed by atoms with Gasteiger partial charge in [-0.25, -0.2) is 5.10 Å². The molecule has 0 radical (unpaired) electrons. The number of aromatic amines is 1. The Labute approximate surface area is 80.6 Å². The number of aliphatic hydroxyl groups is 2. The SMILES string of the molecule is CC(Nc1cn[nH]c(=O)c1)C(O)CO. The number of nitrogens with one attached hydrogen (secondary N) is 2. The summed E-state index contributed by atoms with van der Waals surface area (Å²) in [6, 6.07) is 0.983. The summed E-state index contributed by atoms with van der Waals surface area (Å²) in [5, 5.41) is 26.6. The molecule has 1 aromatic rings. The number of hydrogen-bond donors (Lipinski definition) is 4. The second-order valence-corrected chi connectivity index (χ2v) is 3.02. The molecule has 78 valence electrons. The van der Waals surface area contributed by atoms with E-state index in [0.717, 1.165) is 0 Å². The zero-order valence-corrected chi connectivity index (χ0v) is 7.77. The highest BCUT2D eigenvalue weighted by Gasteiger charge is 2.12. The Morgan fingerprint density at radius 3 is 3.00 bits per heavy atom. The number of anilines is 1. The third-order valence-electron chi connectivity index (χ3n) is 1.82. The van der Waals surface area contributed by atoms with Gasteiger partial charge in [-0.05, 0) is 6.92 Å². The average molecular weight is 199 g/mol. The second kappa shape index (κ2) is 4.73. The van der Waals surface area contributed by atoms with Crippen LogP contribution in [0.25, 0.3) is 0 Å². The highest BCUT2D eigenvalue weighted by Crippen LogP contribution is 2.04. The maximum Gasteiger partial charge on any atom is 0.266 e. The van der Waals surface area contributed by atoms with Crippen LogP contribution in [0.2, 0.25) is 0 Å². The molecule has 0 aliphatic carbocycles. The summed E-state index contributed by atoms with van der Waals surface area (Å²) in [4.78, 5) is 10.8. The van der Waals surface area contributed by atoms with Crippen molar-refractivity contribution < 1.29 is 10.2 Å². The van der Waals surface area contributed by atoms with Gasteiger partial charge in [0.05, 0.1) is 30.6 Å². The lowest BCUT2D eigenvalue weighted by molar-refractivity contribution is 0.0838. The van der Waals surface area contributed by atoms with Gasteiger partial charge in [0.15, 0.2) is 0 Å². The van der Waals surface area contributed by atoms with E-state index in [1.54, 1.807) is 6.92 Å². The normalized spacial score (nSPS) is 14.8. The predicted octanol–water partition coefficient (Wildman–Crippen LogP) is -1.08. The van der Waals surface area contributed by atoms with Crippen molar-refractivity contribution in [2.75, 3.05) is 11.9 Å². The molecule has 0 saturated carbocycles. The van der Waals surface area contributed by atoms with Gasteiger partial charge in [-0.2, -0.15) is 5.10 Å². The molecule has 1 rings (SSSR count). The average Bonchev–Trinajstić information content (AvgIpc) is 2.16. The molecule has 1 heterocycles. The first-order valence-corrected chi connectivity index (χ1v) is 4.23. The van der Waals surface area contributed by atoms with Crippen molar-refractivity contribution in [3.8, 4) is 0 Å². The van der Waals surface area contributed by atoms with Crippen LogP contribution in [-0.2, 0) is 0 Å². The van der Waals surface area contributed by atoms with Crippen molar-refractivity contribution in [2.24, 2.45) is 0 Å². The van der Waals surface area contributed by atoms with Crippen molar-refractivity contribution in [2.45, 2.75) is 19.1 Å². The molecule has 0 amide bonds. The Kier molecular flexibility index (Phi) is 3.61. The van der Waals surface area contributed by atoms with Gasteiger partial charge in [0.2, 0.25) is 0 Å². The number of aliphatic hydroxyl groups excluding tert-OH is 2. The van der Waals surface area contributed by atoms with E-state index in [0.29, 0.717) is 5.69 Å². The lowest BCUT2D eigenvalue weighted by Gasteiger charge is -2.18. The monoisotopic (exact) mass is 199 g/mol. The van der Waals surface area contributed by atoms with Crippen LogP contribution in [0.4, 0.5) is 5.69 Å². The van der Waals surface area contributed by atoms with E-state index in [9.17, 15) is 9.90 Å². The molecule has 2 atom stereocenters. The molecule has 1 aromatic heterocycles. The zero-order chi connectivity index (χ0) is 10.6. The lowest BCUT2D eigenvalue weighted by atomic mass is 10.2. The molecule has 2 unspecified atom stereocenters. The van der Waals surface area contributed by atoms with Gasteiger partial charge < -0.3 is 15.5 Å².